The number of nitrogens with two attached hydrogens (primary N) is 1. The molecule has 1 aromatic heterocycles. The molecular weight excluding hydrogens is 230 g/mol. The van der Waals surface area contributed by atoms with Crippen molar-refractivity contribution in [3.63, 3.8) is 0 Å². The van der Waals surface area contributed by atoms with E-state index in [1.165, 1.54) is 0 Å². The average Bonchev–Trinajstić information content (AvgIpc) is 2.83. The number of rotatable bonds is 5. The fraction of sp³-hybridized carbons (Fsp3) is 0.583. The highest BCUT2D eigenvalue weighted by atomic mass is 16.2. The van der Waals surface area contributed by atoms with E-state index >= 15 is 0 Å². The Hall–Kier alpha value is -1.69. The summed E-state index contributed by atoms with van der Waals surface area (Å²) in [5.74, 6) is 1.87. The van der Waals surface area contributed by atoms with Crippen LogP contribution in [0, 0.1) is 5.92 Å². The lowest BCUT2D eigenvalue weighted by Crippen LogP contribution is -2.25. The molecule has 1 atom stereocenters. The maximum atomic E-state index is 11.5. The molecule has 3 N–H and O–H groups in total. The third-order valence-corrected chi connectivity index (χ3v) is 3.02. The van der Waals surface area contributed by atoms with Gasteiger partial charge in [-0.15, -0.1) is 0 Å². The predicted molar refractivity (Wildman–Crippen MR) is 70.3 cm³/mol. The zero-order valence-corrected chi connectivity index (χ0v) is 10.6. The summed E-state index contributed by atoms with van der Waals surface area (Å²) in [5, 5.41) is 3.17. The zero-order valence-electron chi connectivity index (χ0n) is 10.6. The molecule has 1 unspecified atom stereocenters. The van der Waals surface area contributed by atoms with Crippen LogP contribution in [0.2, 0.25) is 0 Å². The van der Waals surface area contributed by atoms with Gasteiger partial charge < -0.3 is 11.1 Å². The molecule has 0 aromatic carbocycles. The van der Waals surface area contributed by atoms with Crippen LogP contribution < -0.4 is 16.0 Å². The molecule has 1 fully saturated rings. The Balaban J connectivity index is 1.95. The third kappa shape index (κ3) is 2.95. The Kier molecular flexibility index (Phi) is 4.09. The van der Waals surface area contributed by atoms with Crippen molar-refractivity contribution in [2.45, 2.75) is 19.8 Å². The first-order valence-electron chi connectivity index (χ1n) is 6.27. The molecule has 0 spiro atoms. The largest absolute Gasteiger partial charge is 0.368 e. The van der Waals surface area contributed by atoms with Crippen LogP contribution in [0.4, 0.5) is 11.6 Å². The van der Waals surface area contributed by atoms with Gasteiger partial charge in [-0.1, -0.05) is 6.92 Å². The quantitative estimate of drug-likeness (QED) is 0.798. The molecule has 6 heteroatoms. The number of amides is 1. The lowest BCUT2D eigenvalue weighted by Gasteiger charge is -2.15. The zero-order chi connectivity index (χ0) is 13.0. The highest BCUT2D eigenvalue weighted by Crippen LogP contribution is 2.18. The van der Waals surface area contributed by atoms with E-state index in [1.54, 1.807) is 17.3 Å². The van der Waals surface area contributed by atoms with Gasteiger partial charge >= 0.3 is 0 Å². The van der Waals surface area contributed by atoms with Crippen LogP contribution in [0.5, 0.6) is 0 Å². The van der Waals surface area contributed by atoms with Gasteiger partial charge in [-0.2, -0.15) is 0 Å². The predicted octanol–water partition coefficient (Wildman–Crippen LogP) is 0.610. The van der Waals surface area contributed by atoms with E-state index < -0.39 is 0 Å². The van der Waals surface area contributed by atoms with Crippen molar-refractivity contribution in [1.29, 1.82) is 0 Å². The van der Waals surface area contributed by atoms with Crippen molar-refractivity contribution in [3.05, 3.63) is 12.4 Å². The molecule has 1 aromatic rings. The summed E-state index contributed by atoms with van der Waals surface area (Å²) in [6.45, 7) is 4.22. The molecule has 2 rings (SSSR count). The fourth-order valence-electron chi connectivity index (χ4n) is 1.80. The molecule has 1 aliphatic rings. The SMILES string of the molecule is CC(CN)CNc1cnc(N2CCCC2=O)cn1. The minimum absolute atomic E-state index is 0.127. The van der Waals surface area contributed by atoms with Crippen molar-refractivity contribution in [2.24, 2.45) is 11.7 Å². The van der Waals surface area contributed by atoms with Gasteiger partial charge in [-0.3, -0.25) is 9.69 Å². The second-order valence-electron chi connectivity index (χ2n) is 4.63. The normalized spacial score (nSPS) is 17.0. The number of carbonyl (C=O) groups excluding carboxylic acids is 1. The smallest absolute Gasteiger partial charge is 0.228 e. The van der Waals surface area contributed by atoms with Crippen molar-refractivity contribution in [2.75, 3.05) is 29.9 Å². The van der Waals surface area contributed by atoms with Crippen LogP contribution >= 0.6 is 0 Å². The lowest BCUT2D eigenvalue weighted by atomic mass is 10.2. The number of nitrogens with one attached hydrogen (secondary N) is 1. The summed E-state index contributed by atoms with van der Waals surface area (Å²) >= 11 is 0. The van der Waals surface area contributed by atoms with E-state index in [9.17, 15) is 4.79 Å². The van der Waals surface area contributed by atoms with Crippen LogP contribution in [0.25, 0.3) is 0 Å². The molecule has 6 nitrogen and oxygen atoms in total. The first kappa shape index (κ1) is 12.8. The van der Waals surface area contributed by atoms with Gasteiger partial charge in [0.05, 0.1) is 12.4 Å². The second kappa shape index (κ2) is 5.77. The van der Waals surface area contributed by atoms with Gasteiger partial charge in [0.1, 0.15) is 5.82 Å². The molecule has 1 amide bonds. The summed E-state index contributed by atoms with van der Waals surface area (Å²) in [5.41, 5.74) is 5.54. The Morgan fingerprint density at radius 2 is 2.33 bits per heavy atom. The first-order valence-corrected chi connectivity index (χ1v) is 6.27. The van der Waals surface area contributed by atoms with Gasteiger partial charge in [0, 0.05) is 19.5 Å². The molecular formula is C12H19N5O. The fourth-order valence-corrected chi connectivity index (χ4v) is 1.80. The Bertz CT molecular complexity index is 405. The summed E-state index contributed by atoms with van der Waals surface area (Å²) in [4.78, 5) is 21.7. The summed E-state index contributed by atoms with van der Waals surface area (Å²) in [6, 6.07) is 0. The number of hydrogen-bond donors (Lipinski definition) is 2. The molecule has 0 bridgehead atoms. The first-order chi connectivity index (χ1) is 8.70. The molecule has 0 saturated carbocycles. The van der Waals surface area contributed by atoms with Crippen LogP contribution in [0.15, 0.2) is 12.4 Å². The van der Waals surface area contributed by atoms with Crippen LogP contribution in [0.1, 0.15) is 19.8 Å². The molecule has 0 radical (unpaired) electrons. The topological polar surface area (TPSA) is 84.1 Å². The molecule has 18 heavy (non-hydrogen) atoms. The van der Waals surface area contributed by atoms with Crippen molar-refractivity contribution in [1.82, 2.24) is 9.97 Å². The van der Waals surface area contributed by atoms with E-state index in [1.807, 2.05) is 0 Å². The van der Waals surface area contributed by atoms with E-state index in [2.05, 4.69) is 22.2 Å². The number of anilines is 2. The van der Waals surface area contributed by atoms with Gasteiger partial charge in [-0.25, -0.2) is 9.97 Å². The van der Waals surface area contributed by atoms with E-state index in [0.717, 1.165) is 19.5 Å². The van der Waals surface area contributed by atoms with Gasteiger partial charge in [0.25, 0.3) is 0 Å². The van der Waals surface area contributed by atoms with Crippen molar-refractivity contribution >= 4 is 17.5 Å². The number of carbonyl (C=O) groups is 1. The maximum absolute atomic E-state index is 11.5. The van der Waals surface area contributed by atoms with E-state index in [4.69, 9.17) is 5.73 Å². The minimum atomic E-state index is 0.127. The molecule has 1 aliphatic heterocycles. The molecule has 1 saturated heterocycles. The van der Waals surface area contributed by atoms with Gasteiger partial charge in [-0.05, 0) is 18.9 Å². The molecule has 98 valence electrons. The summed E-state index contributed by atoms with van der Waals surface area (Å²) in [6.07, 6.45) is 4.80. The Morgan fingerprint density at radius 3 is 2.89 bits per heavy atom. The van der Waals surface area contributed by atoms with Crippen LogP contribution in [-0.4, -0.2) is 35.5 Å². The Labute approximate surface area is 107 Å². The van der Waals surface area contributed by atoms with Crippen LogP contribution in [0.3, 0.4) is 0 Å². The highest BCUT2D eigenvalue weighted by Gasteiger charge is 2.22. The Morgan fingerprint density at radius 1 is 1.50 bits per heavy atom. The number of hydrogen-bond acceptors (Lipinski definition) is 5. The van der Waals surface area contributed by atoms with Gasteiger partial charge in [0.2, 0.25) is 5.91 Å². The second-order valence-corrected chi connectivity index (χ2v) is 4.63. The van der Waals surface area contributed by atoms with Crippen LogP contribution in [-0.2, 0) is 4.79 Å². The third-order valence-electron chi connectivity index (χ3n) is 3.02. The standard InChI is InChI=1S/C12H19N5O/c1-9(5-13)6-14-10-7-16-11(8-15-10)17-4-2-3-12(17)18/h7-9H,2-6,13H2,1H3,(H,14,15). The number of aromatic nitrogens is 2. The summed E-state index contributed by atoms with van der Waals surface area (Å²) < 4.78 is 0. The van der Waals surface area contributed by atoms with Gasteiger partial charge in [0.15, 0.2) is 5.82 Å². The van der Waals surface area contributed by atoms with E-state index in [0.29, 0.717) is 30.5 Å². The van der Waals surface area contributed by atoms with Crippen molar-refractivity contribution in [3.8, 4) is 0 Å². The average molecular weight is 249 g/mol. The minimum Gasteiger partial charge on any atom is -0.368 e. The van der Waals surface area contributed by atoms with Crippen molar-refractivity contribution < 1.29 is 4.79 Å². The van der Waals surface area contributed by atoms with E-state index in [-0.39, 0.29) is 5.91 Å². The molecule has 2 heterocycles. The summed E-state index contributed by atoms with van der Waals surface area (Å²) in [7, 11) is 0. The maximum Gasteiger partial charge on any atom is 0.228 e. The number of nitrogens with zero attached hydrogens (tertiary/aromatic N) is 3. The highest BCUT2D eigenvalue weighted by molar-refractivity contribution is 5.94. The monoisotopic (exact) mass is 249 g/mol. The molecule has 0 aliphatic carbocycles. The lowest BCUT2D eigenvalue weighted by molar-refractivity contribution is -0.117.